The second-order valence-electron chi connectivity index (χ2n) is 3.02. The molecule has 0 saturated heterocycles. The van der Waals surface area contributed by atoms with Crippen molar-refractivity contribution in [1.29, 1.82) is 0 Å². The molecule has 0 aliphatic rings. The maximum atomic E-state index is 13.1. The smallest absolute Gasteiger partial charge is 0.196 e. The van der Waals surface area contributed by atoms with Crippen molar-refractivity contribution in [2.24, 2.45) is 0 Å². The molecule has 1 aromatic rings. The van der Waals surface area contributed by atoms with Crippen molar-refractivity contribution in [3.8, 4) is 0 Å². The third kappa shape index (κ3) is 3.04. The molecule has 0 spiro atoms. The molecule has 0 fully saturated rings. The molecule has 0 aliphatic heterocycles. The van der Waals surface area contributed by atoms with E-state index in [-0.39, 0.29) is 0 Å². The van der Waals surface area contributed by atoms with E-state index in [1.54, 1.807) is 12.1 Å². The highest BCUT2D eigenvalue weighted by molar-refractivity contribution is 14.1. The van der Waals surface area contributed by atoms with E-state index in [1.165, 1.54) is 22.6 Å². The zero-order valence-electron chi connectivity index (χ0n) is 7.86. The summed E-state index contributed by atoms with van der Waals surface area (Å²) in [5, 5.41) is 0. The van der Waals surface area contributed by atoms with Crippen LogP contribution in [0.4, 0.5) is 8.78 Å². The lowest BCUT2D eigenvalue weighted by Gasteiger charge is -2.00. The molecule has 3 heteroatoms. The summed E-state index contributed by atoms with van der Waals surface area (Å²) in [6, 6.07) is 6.88. The Morgan fingerprint density at radius 1 is 1.21 bits per heavy atom. The number of rotatable bonds is 3. The van der Waals surface area contributed by atoms with Gasteiger partial charge in [-0.25, -0.2) is 4.39 Å². The third-order valence-corrected chi connectivity index (χ3v) is 2.39. The van der Waals surface area contributed by atoms with Crippen LogP contribution in [-0.2, 0) is 6.42 Å². The Labute approximate surface area is 96.2 Å². The molecule has 0 aliphatic carbocycles. The van der Waals surface area contributed by atoms with Gasteiger partial charge in [0.1, 0.15) is 0 Å². The van der Waals surface area contributed by atoms with Crippen LogP contribution < -0.4 is 0 Å². The van der Waals surface area contributed by atoms with Gasteiger partial charge in [0, 0.05) is 5.56 Å². The molecule has 14 heavy (non-hydrogen) atoms. The Morgan fingerprint density at radius 2 is 1.79 bits per heavy atom. The van der Waals surface area contributed by atoms with Crippen LogP contribution in [0, 0.1) is 0 Å². The molecule has 0 N–H and O–H groups in total. The zero-order chi connectivity index (χ0) is 10.6. The van der Waals surface area contributed by atoms with Crippen molar-refractivity contribution < 1.29 is 8.78 Å². The summed E-state index contributed by atoms with van der Waals surface area (Å²) in [5.41, 5.74) is 1.45. The van der Waals surface area contributed by atoms with Gasteiger partial charge in [-0.15, -0.1) is 0 Å². The van der Waals surface area contributed by atoms with E-state index < -0.39 is 9.66 Å². The summed E-state index contributed by atoms with van der Waals surface area (Å²) < 4.78 is 24.8. The van der Waals surface area contributed by atoms with Gasteiger partial charge in [0.25, 0.3) is 0 Å². The van der Waals surface area contributed by atoms with E-state index in [4.69, 9.17) is 0 Å². The van der Waals surface area contributed by atoms with Crippen molar-refractivity contribution in [3.05, 3.63) is 39.2 Å². The van der Waals surface area contributed by atoms with Gasteiger partial charge < -0.3 is 0 Å². The summed E-state index contributed by atoms with van der Waals surface area (Å²) >= 11 is 1.34. The van der Waals surface area contributed by atoms with Gasteiger partial charge >= 0.3 is 0 Å². The first-order valence-electron chi connectivity index (χ1n) is 4.45. The monoisotopic (exact) mass is 308 g/mol. The highest BCUT2D eigenvalue weighted by atomic mass is 127. The molecule has 0 bridgehead atoms. The van der Waals surface area contributed by atoms with Crippen LogP contribution >= 0.6 is 22.6 Å². The summed E-state index contributed by atoms with van der Waals surface area (Å²) in [5.74, 6) is -0.784. The van der Waals surface area contributed by atoms with Crippen LogP contribution in [0.2, 0.25) is 0 Å². The van der Waals surface area contributed by atoms with Crippen molar-refractivity contribution in [2.45, 2.75) is 19.8 Å². The molecule has 0 atom stereocenters. The van der Waals surface area contributed by atoms with Crippen molar-refractivity contribution in [3.63, 3.8) is 0 Å². The van der Waals surface area contributed by atoms with Crippen LogP contribution in [0.25, 0.3) is 5.83 Å². The highest BCUT2D eigenvalue weighted by Gasteiger charge is 2.05. The standard InChI is InChI=1S/C11H11F2I/c1-2-3-8-4-6-9(7-5-8)10(12)11(13)14/h4-7H,2-3H2,1H3. The molecule has 76 valence electrons. The van der Waals surface area contributed by atoms with Gasteiger partial charge in [0.05, 0.1) is 0 Å². The SMILES string of the molecule is CCCc1ccc(C(F)=C(F)I)cc1. The van der Waals surface area contributed by atoms with Crippen molar-refractivity contribution in [1.82, 2.24) is 0 Å². The van der Waals surface area contributed by atoms with E-state index >= 15 is 0 Å². The van der Waals surface area contributed by atoms with Crippen LogP contribution in [-0.4, -0.2) is 0 Å². The first-order valence-corrected chi connectivity index (χ1v) is 5.53. The molecule has 1 aromatic carbocycles. The minimum atomic E-state index is -0.800. The predicted molar refractivity (Wildman–Crippen MR) is 63.6 cm³/mol. The van der Waals surface area contributed by atoms with E-state index in [9.17, 15) is 8.78 Å². The van der Waals surface area contributed by atoms with E-state index in [1.807, 2.05) is 12.1 Å². The van der Waals surface area contributed by atoms with Gasteiger partial charge in [0.15, 0.2) is 9.66 Å². The Balaban J connectivity index is 2.89. The average molecular weight is 308 g/mol. The van der Waals surface area contributed by atoms with Crippen LogP contribution in [0.3, 0.4) is 0 Å². The fourth-order valence-corrected chi connectivity index (χ4v) is 1.53. The molecule has 1 rings (SSSR count). The molecule has 0 amide bonds. The normalized spacial score (nSPS) is 12.6. The second kappa shape index (κ2) is 5.44. The fraction of sp³-hybridized carbons (Fsp3) is 0.273. The van der Waals surface area contributed by atoms with Crippen molar-refractivity contribution in [2.75, 3.05) is 0 Å². The molecule has 0 heterocycles. The zero-order valence-corrected chi connectivity index (χ0v) is 10.0. The topological polar surface area (TPSA) is 0 Å². The lowest BCUT2D eigenvalue weighted by atomic mass is 10.1. The van der Waals surface area contributed by atoms with E-state index in [0.29, 0.717) is 5.56 Å². The molecular formula is C11H11F2I. The lowest BCUT2D eigenvalue weighted by Crippen LogP contribution is -1.84. The third-order valence-electron chi connectivity index (χ3n) is 1.91. The van der Waals surface area contributed by atoms with Gasteiger partial charge in [0.2, 0.25) is 0 Å². The largest absolute Gasteiger partial charge is 0.203 e. The molecule has 0 unspecified atom stereocenters. The maximum absolute atomic E-state index is 13.1. The first kappa shape index (κ1) is 11.6. The minimum absolute atomic E-state index is 0.303. The van der Waals surface area contributed by atoms with Crippen LogP contribution in [0.1, 0.15) is 24.5 Å². The van der Waals surface area contributed by atoms with E-state index in [0.717, 1.165) is 18.4 Å². The van der Waals surface area contributed by atoms with Gasteiger partial charge in [-0.3, -0.25) is 0 Å². The number of hydrogen-bond donors (Lipinski definition) is 0. The quantitative estimate of drug-likeness (QED) is 0.714. The number of halogens is 3. The lowest BCUT2D eigenvalue weighted by molar-refractivity contribution is 0.663. The number of hydrogen-bond acceptors (Lipinski definition) is 0. The van der Waals surface area contributed by atoms with Gasteiger partial charge in [-0.05, 0) is 34.6 Å². The summed E-state index contributed by atoms with van der Waals surface area (Å²) in [4.78, 5) is 0. The Hall–Kier alpha value is -0.450. The van der Waals surface area contributed by atoms with Gasteiger partial charge in [-0.1, -0.05) is 37.6 Å². The fourth-order valence-electron chi connectivity index (χ4n) is 1.22. The van der Waals surface area contributed by atoms with Gasteiger partial charge in [-0.2, -0.15) is 4.39 Å². The van der Waals surface area contributed by atoms with Crippen molar-refractivity contribution >= 4 is 28.4 Å². The summed E-state index contributed by atoms with van der Waals surface area (Å²) in [6.45, 7) is 2.08. The number of aryl methyl sites for hydroxylation is 1. The molecule has 0 saturated carbocycles. The van der Waals surface area contributed by atoms with Crippen LogP contribution in [0.15, 0.2) is 28.1 Å². The average Bonchev–Trinajstić information content (AvgIpc) is 2.18. The second-order valence-corrected chi connectivity index (χ2v) is 3.97. The Kier molecular flexibility index (Phi) is 4.51. The first-order chi connectivity index (χ1) is 6.65. The number of benzene rings is 1. The summed E-state index contributed by atoms with van der Waals surface area (Å²) in [7, 11) is 0. The highest BCUT2D eigenvalue weighted by Crippen LogP contribution is 2.25. The van der Waals surface area contributed by atoms with E-state index in [2.05, 4.69) is 6.92 Å². The minimum Gasteiger partial charge on any atom is -0.203 e. The van der Waals surface area contributed by atoms with Crippen LogP contribution in [0.5, 0.6) is 0 Å². The molecular weight excluding hydrogens is 297 g/mol. The summed E-state index contributed by atoms with van der Waals surface area (Å²) in [6.07, 6.45) is 2.02. The molecule has 0 aromatic heterocycles. The Bertz CT molecular complexity index is 324. The molecule has 0 nitrogen and oxygen atoms in total. The molecule has 0 radical (unpaired) electrons. The predicted octanol–water partition coefficient (Wildman–Crippen LogP) is 4.64. The Morgan fingerprint density at radius 3 is 2.21 bits per heavy atom. The maximum Gasteiger partial charge on any atom is 0.196 e.